The molecule has 1 unspecified atom stereocenters. The second-order valence-electron chi connectivity index (χ2n) is 18.5. The smallest absolute Gasteiger partial charge is 0.0622 e. The summed E-state index contributed by atoms with van der Waals surface area (Å²) in [7, 11) is 1.62. The van der Waals surface area contributed by atoms with Gasteiger partial charge in [-0.2, -0.15) is 0 Å². The van der Waals surface area contributed by atoms with Crippen molar-refractivity contribution in [2.75, 3.05) is 26.9 Å². The zero-order chi connectivity index (χ0) is 51.1. The number of rotatable bonds is 28. The quantitative estimate of drug-likeness (QED) is 0.0346. The molecule has 0 aromatic heterocycles. The molecule has 7 aromatic carbocycles. The minimum atomic E-state index is -1.06. The van der Waals surface area contributed by atoms with E-state index in [9.17, 15) is 0 Å². The van der Waals surface area contributed by atoms with Gasteiger partial charge in [-0.25, -0.2) is 0 Å². The Kier molecular flexibility index (Phi) is 21.6. The molecular formula is C63H68O11Se. The first-order chi connectivity index (χ1) is 37.2. The summed E-state index contributed by atoms with van der Waals surface area (Å²) in [6.45, 7) is 2.52. The van der Waals surface area contributed by atoms with Gasteiger partial charge >= 0.3 is 353 Å². The number of ether oxygens (including phenoxy) is 11. The molecule has 392 valence electrons. The van der Waals surface area contributed by atoms with Crippen molar-refractivity contribution in [2.24, 2.45) is 0 Å². The molecule has 0 N–H and O–H groups in total. The molecule has 2 fully saturated rings. The summed E-state index contributed by atoms with van der Waals surface area (Å²) < 4.78 is 77.5. The zero-order valence-corrected chi connectivity index (χ0v) is 44.2. The van der Waals surface area contributed by atoms with E-state index in [1.165, 1.54) is 4.46 Å². The van der Waals surface area contributed by atoms with Gasteiger partial charge in [0, 0.05) is 0 Å². The van der Waals surface area contributed by atoms with Crippen molar-refractivity contribution in [3.05, 3.63) is 246 Å². The second-order valence-corrected chi connectivity index (χ2v) is 20.9. The van der Waals surface area contributed by atoms with Crippen LogP contribution in [0.3, 0.4) is 0 Å². The Hall–Kier alpha value is -5.38. The van der Waals surface area contributed by atoms with Gasteiger partial charge in [0.15, 0.2) is 0 Å². The first-order valence-electron chi connectivity index (χ1n) is 25.8. The van der Waals surface area contributed by atoms with Crippen LogP contribution in [-0.4, -0.2) is 103 Å². The second kappa shape index (κ2) is 29.8. The van der Waals surface area contributed by atoms with Gasteiger partial charge in [0.05, 0.1) is 0 Å². The summed E-state index contributed by atoms with van der Waals surface area (Å²) >= 11 is 0.137. The average Bonchev–Trinajstić information content (AvgIpc) is 3.47. The predicted molar refractivity (Wildman–Crippen MR) is 288 cm³/mol. The normalized spacial score (nSPS) is 23.7. The molecule has 2 aliphatic rings. The molecule has 2 heterocycles. The molecule has 0 bridgehead atoms. The van der Waals surface area contributed by atoms with Gasteiger partial charge < -0.3 is 0 Å². The van der Waals surface area contributed by atoms with Crippen LogP contribution in [-0.2, 0) is 91.7 Å². The molecule has 9 rings (SSSR count). The molecule has 0 amide bonds. The van der Waals surface area contributed by atoms with Crippen LogP contribution in [0.2, 0.25) is 5.32 Å². The Morgan fingerprint density at radius 1 is 0.347 bits per heavy atom. The third kappa shape index (κ3) is 16.6. The Labute approximate surface area is 448 Å². The maximum atomic E-state index is 7.54. The van der Waals surface area contributed by atoms with Gasteiger partial charge in [-0.3, -0.25) is 0 Å². The third-order valence-electron chi connectivity index (χ3n) is 13.0. The summed E-state index contributed by atoms with van der Waals surface area (Å²) in [6.07, 6.45) is -7.89. The van der Waals surface area contributed by atoms with Crippen LogP contribution in [0.15, 0.2) is 212 Å². The first-order valence-corrected chi connectivity index (χ1v) is 27.9. The van der Waals surface area contributed by atoms with E-state index in [4.69, 9.17) is 52.1 Å². The fourth-order valence-electron chi connectivity index (χ4n) is 9.24. The summed E-state index contributed by atoms with van der Waals surface area (Å²) in [5, 5.41) is 0.793. The summed E-state index contributed by atoms with van der Waals surface area (Å²) in [5.74, 6) is 0. The standard InChI is InChI=1S/C63H68O11Se/c1-64-62-60(71-44-52-33-19-7-20-34-52)59(70-43-51-31-17-6-18-32-51)57(55(72-62)46-66-40-48-25-11-3-12-26-48)74-63-61(67-37-38-75-53-35-21-8-22-36-53)58(69-42-50-29-15-5-16-30-50)56(68-41-49-27-13-4-14-28-49)54(73-63)45-65-39-47-23-9-2-10-24-47/h2-36,54-63H,37-46H2,1H3/t54-,55-,56-,57-,58+,59+,60-,61-,62+,63?/m1/s1. The monoisotopic (exact) mass is 1080 g/mol. The Morgan fingerprint density at radius 3 is 1.11 bits per heavy atom. The van der Waals surface area contributed by atoms with Crippen molar-refractivity contribution in [3.8, 4) is 0 Å². The average molecular weight is 1080 g/mol. The van der Waals surface area contributed by atoms with Gasteiger partial charge in [0.2, 0.25) is 0 Å². The molecule has 12 heteroatoms. The number of benzene rings is 7. The van der Waals surface area contributed by atoms with Crippen LogP contribution < -0.4 is 4.46 Å². The van der Waals surface area contributed by atoms with Crippen LogP contribution in [0.4, 0.5) is 0 Å². The molecule has 2 saturated heterocycles. The van der Waals surface area contributed by atoms with Gasteiger partial charge in [0.1, 0.15) is 0 Å². The summed E-state index contributed by atoms with van der Waals surface area (Å²) in [4.78, 5) is 0. The third-order valence-corrected chi connectivity index (χ3v) is 15.1. The summed E-state index contributed by atoms with van der Waals surface area (Å²) in [5.41, 5.74) is 6.03. The van der Waals surface area contributed by atoms with Crippen LogP contribution >= 0.6 is 0 Å². The van der Waals surface area contributed by atoms with E-state index >= 15 is 0 Å². The maximum absolute atomic E-state index is 7.54. The van der Waals surface area contributed by atoms with Crippen LogP contribution in [0, 0.1) is 0 Å². The van der Waals surface area contributed by atoms with Crippen molar-refractivity contribution in [1.82, 2.24) is 0 Å². The Balaban J connectivity index is 1.10. The van der Waals surface area contributed by atoms with Crippen molar-refractivity contribution in [2.45, 2.75) is 106 Å². The van der Waals surface area contributed by atoms with E-state index < -0.39 is 61.4 Å². The van der Waals surface area contributed by atoms with Gasteiger partial charge in [0.25, 0.3) is 0 Å². The topological polar surface area (TPSA) is 102 Å². The minimum absolute atomic E-state index is 0.133. The van der Waals surface area contributed by atoms with Crippen LogP contribution in [0.25, 0.3) is 0 Å². The minimum Gasteiger partial charge on any atom is -0.0622 e. The molecule has 0 aliphatic carbocycles. The molecular weight excluding hydrogens is 1010 g/mol. The van der Waals surface area contributed by atoms with E-state index in [0.29, 0.717) is 26.4 Å². The molecule has 75 heavy (non-hydrogen) atoms. The predicted octanol–water partition coefficient (Wildman–Crippen LogP) is 10.1. The van der Waals surface area contributed by atoms with Gasteiger partial charge in [-0.1, -0.05) is 97.1 Å². The van der Waals surface area contributed by atoms with Crippen molar-refractivity contribution < 1.29 is 52.1 Å². The van der Waals surface area contributed by atoms with Crippen molar-refractivity contribution in [3.63, 3.8) is 0 Å². The molecule has 0 spiro atoms. The number of hydrogen-bond acceptors (Lipinski definition) is 11. The van der Waals surface area contributed by atoms with E-state index in [0.717, 1.165) is 38.7 Å². The van der Waals surface area contributed by atoms with Crippen LogP contribution in [0.1, 0.15) is 33.4 Å². The van der Waals surface area contributed by atoms with Crippen molar-refractivity contribution >= 4 is 19.4 Å². The molecule has 2 aliphatic heterocycles. The summed E-state index contributed by atoms with van der Waals surface area (Å²) in [6, 6.07) is 71.1. The molecule has 0 saturated carbocycles. The molecule has 7 aromatic rings. The van der Waals surface area contributed by atoms with E-state index in [2.05, 4.69) is 48.5 Å². The molecule has 0 radical (unpaired) electrons. The van der Waals surface area contributed by atoms with Crippen molar-refractivity contribution in [1.29, 1.82) is 0 Å². The number of hydrogen-bond donors (Lipinski definition) is 0. The first kappa shape index (κ1) is 54.4. The van der Waals surface area contributed by atoms with E-state index in [-0.39, 0.29) is 48.0 Å². The van der Waals surface area contributed by atoms with E-state index in [1.54, 1.807) is 7.11 Å². The SMILES string of the molecule is CO[C@H]1O[C@H](COCc2ccccc2)[C@@H](OC2O[C@H](COCc3ccccc3)[C@@H](OCc3ccccc3)[C@H](OCc3ccccc3)[C@H]2OCC[Se]c2ccccc2)[C@H](OCc2ccccc2)[C@H]1OCc1ccccc1. The van der Waals surface area contributed by atoms with Gasteiger partial charge in [-0.15, -0.1) is 0 Å². The van der Waals surface area contributed by atoms with Gasteiger partial charge in [-0.05, 0) is 0 Å². The zero-order valence-electron chi connectivity index (χ0n) is 42.5. The fourth-order valence-corrected chi connectivity index (χ4v) is 10.8. The Morgan fingerprint density at radius 2 is 0.680 bits per heavy atom. The number of methoxy groups -OCH3 is 1. The molecule has 11 nitrogen and oxygen atoms in total. The fraction of sp³-hybridized carbons (Fsp3) is 0.333. The van der Waals surface area contributed by atoms with E-state index in [1.807, 2.05) is 164 Å². The Bertz CT molecular complexity index is 2610. The molecule has 10 atom stereocenters. The van der Waals surface area contributed by atoms with Crippen LogP contribution in [0.5, 0.6) is 0 Å².